The molecule has 0 saturated carbocycles. The number of H-pyrrole nitrogens is 1. The molecule has 104 valence electrons. The van der Waals surface area contributed by atoms with E-state index < -0.39 is 0 Å². The van der Waals surface area contributed by atoms with E-state index in [0.717, 1.165) is 43.5 Å². The van der Waals surface area contributed by atoms with Gasteiger partial charge >= 0.3 is 5.69 Å². The van der Waals surface area contributed by atoms with Crippen molar-refractivity contribution in [2.45, 2.75) is 25.3 Å². The van der Waals surface area contributed by atoms with Crippen LogP contribution in [0.4, 0.5) is 0 Å². The molecule has 1 aliphatic rings. The number of nitrogens with zero attached hydrogens (tertiary/aromatic N) is 3. The molecule has 0 amide bonds. The van der Waals surface area contributed by atoms with E-state index in [1.165, 1.54) is 0 Å². The number of likely N-dealkylation sites (tertiary alicyclic amines) is 1. The maximum absolute atomic E-state index is 12.1. The van der Waals surface area contributed by atoms with Gasteiger partial charge in [0.25, 0.3) is 0 Å². The fourth-order valence-corrected chi connectivity index (χ4v) is 3.05. The van der Waals surface area contributed by atoms with Gasteiger partial charge in [-0.15, -0.1) is 0 Å². The molecule has 2 aromatic rings. The fraction of sp³-hybridized carbons (Fsp3) is 0.467. The summed E-state index contributed by atoms with van der Waals surface area (Å²) in [6.45, 7) is 2.75. The summed E-state index contributed by atoms with van der Waals surface area (Å²) in [5.74, 6) is 0. The number of nitriles is 1. The highest BCUT2D eigenvalue weighted by Crippen LogP contribution is 2.24. The predicted molar refractivity (Wildman–Crippen MR) is 77.5 cm³/mol. The number of benzene rings is 1. The SMILES string of the molecule is N#CCCN1CCC(n2c(=O)[nH]c3ccccc32)CC1. The Balaban J connectivity index is 1.79. The van der Waals surface area contributed by atoms with Gasteiger partial charge in [-0.05, 0) is 25.0 Å². The summed E-state index contributed by atoms with van der Waals surface area (Å²) in [7, 11) is 0. The quantitative estimate of drug-likeness (QED) is 0.926. The first-order valence-electron chi connectivity index (χ1n) is 7.08. The lowest BCUT2D eigenvalue weighted by atomic mass is 10.0. The largest absolute Gasteiger partial charge is 0.326 e. The normalized spacial score (nSPS) is 17.4. The molecule has 20 heavy (non-hydrogen) atoms. The second kappa shape index (κ2) is 5.51. The molecule has 1 N–H and O–H groups in total. The second-order valence-corrected chi connectivity index (χ2v) is 5.30. The predicted octanol–water partition coefficient (Wildman–Crippen LogP) is 1.88. The van der Waals surface area contributed by atoms with Gasteiger partial charge in [0.15, 0.2) is 0 Å². The minimum absolute atomic E-state index is 0.0123. The maximum atomic E-state index is 12.1. The van der Waals surface area contributed by atoms with Crippen LogP contribution in [0.5, 0.6) is 0 Å². The number of hydrogen-bond donors (Lipinski definition) is 1. The van der Waals surface area contributed by atoms with E-state index in [4.69, 9.17) is 5.26 Å². The summed E-state index contributed by atoms with van der Waals surface area (Å²) in [6.07, 6.45) is 2.51. The summed E-state index contributed by atoms with van der Waals surface area (Å²) in [5.41, 5.74) is 1.89. The smallest absolute Gasteiger partial charge is 0.306 e. The van der Waals surface area contributed by atoms with Gasteiger partial charge < -0.3 is 9.88 Å². The van der Waals surface area contributed by atoms with Gasteiger partial charge in [0.1, 0.15) is 0 Å². The minimum Gasteiger partial charge on any atom is -0.306 e. The standard InChI is InChI=1S/C15H18N4O/c16-8-3-9-18-10-6-12(7-11-18)19-14-5-2-1-4-13(14)17-15(19)20/h1-2,4-5,12H,3,6-7,9-11H2,(H,17,20). The van der Waals surface area contributed by atoms with Crippen LogP contribution in [0.15, 0.2) is 29.1 Å². The van der Waals surface area contributed by atoms with E-state index in [2.05, 4.69) is 16.0 Å². The Morgan fingerprint density at radius 1 is 1.30 bits per heavy atom. The number of aromatic nitrogens is 2. The number of para-hydroxylation sites is 2. The lowest BCUT2D eigenvalue weighted by molar-refractivity contribution is 0.190. The molecule has 0 aliphatic carbocycles. The van der Waals surface area contributed by atoms with Gasteiger partial charge in [0, 0.05) is 32.1 Å². The van der Waals surface area contributed by atoms with Gasteiger partial charge in [-0.3, -0.25) is 4.57 Å². The highest BCUT2D eigenvalue weighted by atomic mass is 16.1. The zero-order valence-electron chi connectivity index (χ0n) is 11.4. The van der Waals surface area contributed by atoms with Gasteiger partial charge in [-0.1, -0.05) is 12.1 Å². The third kappa shape index (κ3) is 2.35. The molecule has 1 aromatic carbocycles. The van der Waals surface area contributed by atoms with Crippen molar-refractivity contribution in [3.05, 3.63) is 34.7 Å². The Bertz CT molecular complexity index is 686. The molecule has 5 heteroatoms. The Morgan fingerprint density at radius 3 is 2.80 bits per heavy atom. The lowest BCUT2D eigenvalue weighted by Crippen LogP contribution is -2.37. The van der Waals surface area contributed by atoms with Gasteiger partial charge in [-0.25, -0.2) is 4.79 Å². The maximum Gasteiger partial charge on any atom is 0.326 e. The van der Waals surface area contributed by atoms with Crippen LogP contribution >= 0.6 is 0 Å². The van der Waals surface area contributed by atoms with Crippen molar-refractivity contribution in [1.82, 2.24) is 14.5 Å². The molecule has 1 aromatic heterocycles. The van der Waals surface area contributed by atoms with Crippen molar-refractivity contribution in [1.29, 1.82) is 5.26 Å². The average molecular weight is 270 g/mol. The molecule has 0 radical (unpaired) electrons. The van der Waals surface area contributed by atoms with E-state index in [0.29, 0.717) is 6.42 Å². The first kappa shape index (κ1) is 12.9. The molecular formula is C15H18N4O. The Kier molecular flexibility index (Phi) is 3.57. The molecule has 0 spiro atoms. The van der Waals surface area contributed by atoms with Crippen LogP contribution < -0.4 is 5.69 Å². The van der Waals surface area contributed by atoms with Crippen molar-refractivity contribution in [3.8, 4) is 6.07 Å². The molecule has 5 nitrogen and oxygen atoms in total. The zero-order valence-corrected chi connectivity index (χ0v) is 11.4. The molecule has 1 fully saturated rings. The fourth-order valence-electron chi connectivity index (χ4n) is 3.05. The van der Waals surface area contributed by atoms with Crippen LogP contribution in [-0.4, -0.2) is 34.1 Å². The highest BCUT2D eigenvalue weighted by Gasteiger charge is 2.23. The van der Waals surface area contributed by atoms with E-state index in [9.17, 15) is 4.79 Å². The summed E-state index contributed by atoms with van der Waals surface area (Å²) in [6, 6.07) is 10.3. The van der Waals surface area contributed by atoms with E-state index >= 15 is 0 Å². The van der Waals surface area contributed by atoms with Crippen molar-refractivity contribution in [2.75, 3.05) is 19.6 Å². The number of fused-ring (bicyclic) bond motifs is 1. The molecule has 0 bridgehead atoms. The monoisotopic (exact) mass is 270 g/mol. The van der Waals surface area contributed by atoms with Crippen molar-refractivity contribution >= 4 is 11.0 Å². The van der Waals surface area contributed by atoms with Crippen LogP contribution in [0.2, 0.25) is 0 Å². The van der Waals surface area contributed by atoms with Crippen molar-refractivity contribution < 1.29 is 0 Å². The lowest BCUT2D eigenvalue weighted by Gasteiger charge is -2.31. The molecule has 0 atom stereocenters. The summed E-state index contributed by atoms with van der Waals surface area (Å²) in [5, 5.41) is 8.63. The summed E-state index contributed by atoms with van der Waals surface area (Å²) < 4.78 is 1.90. The topological polar surface area (TPSA) is 64.8 Å². The van der Waals surface area contributed by atoms with E-state index in [-0.39, 0.29) is 11.7 Å². The second-order valence-electron chi connectivity index (χ2n) is 5.30. The first-order chi connectivity index (χ1) is 9.79. The number of hydrogen-bond acceptors (Lipinski definition) is 3. The average Bonchev–Trinajstić information content (AvgIpc) is 2.81. The molecule has 1 aliphatic heterocycles. The third-order valence-electron chi connectivity index (χ3n) is 4.09. The van der Waals surface area contributed by atoms with Crippen molar-refractivity contribution in [2.24, 2.45) is 0 Å². The van der Waals surface area contributed by atoms with Crippen LogP contribution in [0.1, 0.15) is 25.3 Å². The van der Waals surface area contributed by atoms with Crippen LogP contribution in [0.3, 0.4) is 0 Å². The van der Waals surface area contributed by atoms with Crippen LogP contribution in [0, 0.1) is 11.3 Å². The highest BCUT2D eigenvalue weighted by molar-refractivity contribution is 5.75. The van der Waals surface area contributed by atoms with Gasteiger partial charge in [0.05, 0.1) is 17.1 Å². The Hall–Kier alpha value is -2.06. The molecule has 3 rings (SSSR count). The van der Waals surface area contributed by atoms with Crippen LogP contribution in [0.25, 0.3) is 11.0 Å². The third-order valence-corrected chi connectivity index (χ3v) is 4.09. The first-order valence-corrected chi connectivity index (χ1v) is 7.08. The van der Waals surface area contributed by atoms with E-state index in [1.54, 1.807) is 0 Å². The number of nitrogens with one attached hydrogen (secondary N) is 1. The molecule has 0 unspecified atom stereocenters. The summed E-state index contributed by atoms with van der Waals surface area (Å²) in [4.78, 5) is 17.4. The molecule has 2 heterocycles. The Morgan fingerprint density at radius 2 is 2.05 bits per heavy atom. The van der Waals surface area contributed by atoms with Crippen molar-refractivity contribution in [3.63, 3.8) is 0 Å². The number of imidazole rings is 1. The van der Waals surface area contributed by atoms with Gasteiger partial charge in [-0.2, -0.15) is 5.26 Å². The number of piperidine rings is 1. The van der Waals surface area contributed by atoms with Crippen LogP contribution in [-0.2, 0) is 0 Å². The summed E-state index contributed by atoms with van der Waals surface area (Å²) >= 11 is 0. The minimum atomic E-state index is -0.0123. The number of rotatable bonds is 3. The molecule has 1 saturated heterocycles. The molecular weight excluding hydrogens is 252 g/mol. The number of aromatic amines is 1. The Labute approximate surface area is 117 Å². The van der Waals surface area contributed by atoms with E-state index in [1.807, 2.05) is 28.8 Å². The van der Waals surface area contributed by atoms with Gasteiger partial charge in [0.2, 0.25) is 0 Å². The zero-order chi connectivity index (χ0) is 13.9.